The van der Waals surface area contributed by atoms with Crippen LogP contribution in [-0.2, 0) is 4.74 Å². The van der Waals surface area contributed by atoms with Crippen LogP contribution in [0.3, 0.4) is 0 Å². The monoisotopic (exact) mass is 156 g/mol. The lowest BCUT2D eigenvalue weighted by atomic mass is 10.1. The summed E-state index contributed by atoms with van der Waals surface area (Å²) in [6, 6.07) is 0.631. The topological polar surface area (TPSA) is 41.6 Å². The number of nitrogens with one attached hydrogen (secondary N) is 1. The molecule has 4 nitrogen and oxygen atoms in total. The number of rotatable bonds is 0. The van der Waals surface area contributed by atoms with Crippen molar-refractivity contribution in [1.82, 2.24) is 10.2 Å². The number of ether oxygens (including phenoxy) is 1. The summed E-state index contributed by atoms with van der Waals surface area (Å²) in [5.74, 6) is 0. The van der Waals surface area contributed by atoms with E-state index in [-0.39, 0.29) is 12.1 Å². The first-order valence-corrected chi connectivity index (χ1v) is 3.96. The van der Waals surface area contributed by atoms with E-state index in [9.17, 15) is 4.79 Å². The SMILES string of the molecule is CC1NCCN2C(=O)OCC12. The summed E-state index contributed by atoms with van der Waals surface area (Å²) in [6.45, 7) is 4.30. The average Bonchev–Trinajstić information content (AvgIpc) is 2.35. The number of piperazine rings is 1. The van der Waals surface area contributed by atoms with Gasteiger partial charge in [0.15, 0.2) is 0 Å². The highest BCUT2D eigenvalue weighted by atomic mass is 16.6. The summed E-state index contributed by atoms with van der Waals surface area (Å²) in [5.41, 5.74) is 0. The van der Waals surface area contributed by atoms with Crippen molar-refractivity contribution in [3.8, 4) is 0 Å². The van der Waals surface area contributed by atoms with E-state index in [2.05, 4.69) is 12.2 Å². The largest absolute Gasteiger partial charge is 0.447 e. The standard InChI is InChI=1S/C7H12N2O2/c1-5-6-4-11-7(10)9(6)3-2-8-5/h5-6,8H,2-4H2,1H3. The van der Waals surface area contributed by atoms with Crippen LogP contribution in [0.15, 0.2) is 0 Å². The molecule has 2 saturated heterocycles. The number of hydrogen-bond donors (Lipinski definition) is 1. The molecule has 0 aromatic heterocycles. The molecule has 2 aliphatic heterocycles. The van der Waals surface area contributed by atoms with Gasteiger partial charge in [0, 0.05) is 19.1 Å². The smallest absolute Gasteiger partial charge is 0.410 e. The molecule has 2 unspecified atom stereocenters. The van der Waals surface area contributed by atoms with Crippen LogP contribution < -0.4 is 5.32 Å². The molecule has 11 heavy (non-hydrogen) atoms. The lowest BCUT2D eigenvalue weighted by molar-refractivity contribution is 0.152. The van der Waals surface area contributed by atoms with Gasteiger partial charge in [-0.2, -0.15) is 0 Å². The molecule has 62 valence electrons. The fourth-order valence-corrected chi connectivity index (χ4v) is 1.69. The Kier molecular flexibility index (Phi) is 1.49. The normalized spacial score (nSPS) is 36.8. The third-order valence-electron chi connectivity index (χ3n) is 2.41. The zero-order valence-electron chi connectivity index (χ0n) is 6.54. The van der Waals surface area contributed by atoms with E-state index in [1.807, 2.05) is 0 Å². The molecule has 2 heterocycles. The molecule has 0 spiro atoms. The van der Waals surface area contributed by atoms with Crippen molar-refractivity contribution in [3.05, 3.63) is 0 Å². The predicted octanol–water partition coefficient (Wildman–Crippen LogP) is -0.201. The predicted molar refractivity (Wildman–Crippen MR) is 39.3 cm³/mol. The fraction of sp³-hybridized carbons (Fsp3) is 0.857. The first-order valence-electron chi connectivity index (χ1n) is 3.96. The van der Waals surface area contributed by atoms with Crippen LogP contribution in [0, 0.1) is 0 Å². The Balaban J connectivity index is 2.12. The van der Waals surface area contributed by atoms with Gasteiger partial charge in [-0.3, -0.25) is 4.90 Å². The van der Waals surface area contributed by atoms with Gasteiger partial charge in [-0.05, 0) is 6.92 Å². The zero-order chi connectivity index (χ0) is 7.84. The summed E-state index contributed by atoms with van der Waals surface area (Å²) in [6.07, 6.45) is -0.150. The summed E-state index contributed by atoms with van der Waals surface area (Å²) in [4.78, 5) is 12.8. The van der Waals surface area contributed by atoms with Gasteiger partial charge in [-0.15, -0.1) is 0 Å². The molecular formula is C7H12N2O2. The Hall–Kier alpha value is -0.770. The number of carbonyl (C=O) groups excluding carboxylic acids is 1. The first-order chi connectivity index (χ1) is 5.29. The van der Waals surface area contributed by atoms with Crippen LogP contribution >= 0.6 is 0 Å². The van der Waals surface area contributed by atoms with E-state index in [0.717, 1.165) is 13.1 Å². The summed E-state index contributed by atoms with van der Waals surface area (Å²) in [7, 11) is 0. The molecule has 1 amide bonds. The molecule has 1 N–H and O–H groups in total. The highest BCUT2D eigenvalue weighted by molar-refractivity contribution is 5.70. The van der Waals surface area contributed by atoms with Gasteiger partial charge in [-0.25, -0.2) is 4.79 Å². The Morgan fingerprint density at radius 3 is 3.27 bits per heavy atom. The molecule has 0 aromatic rings. The van der Waals surface area contributed by atoms with E-state index >= 15 is 0 Å². The van der Waals surface area contributed by atoms with Gasteiger partial charge >= 0.3 is 6.09 Å². The van der Waals surface area contributed by atoms with E-state index in [4.69, 9.17) is 4.74 Å². The fourth-order valence-electron chi connectivity index (χ4n) is 1.69. The molecule has 2 rings (SSSR count). The second kappa shape index (κ2) is 2.37. The summed E-state index contributed by atoms with van der Waals surface area (Å²) >= 11 is 0. The second-order valence-corrected chi connectivity index (χ2v) is 3.08. The van der Waals surface area contributed by atoms with Crippen molar-refractivity contribution in [1.29, 1.82) is 0 Å². The Morgan fingerprint density at radius 2 is 2.55 bits per heavy atom. The van der Waals surface area contributed by atoms with Crippen LogP contribution in [0.4, 0.5) is 4.79 Å². The van der Waals surface area contributed by atoms with Crippen LogP contribution in [0.5, 0.6) is 0 Å². The number of carbonyl (C=O) groups is 1. The molecule has 0 aliphatic carbocycles. The van der Waals surface area contributed by atoms with E-state index in [0.29, 0.717) is 12.6 Å². The van der Waals surface area contributed by atoms with Crippen molar-refractivity contribution >= 4 is 6.09 Å². The quantitative estimate of drug-likeness (QED) is 0.528. The summed E-state index contributed by atoms with van der Waals surface area (Å²) < 4.78 is 4.92. The number of hydrogen-bond acceptors (Lipinski definition) is 3. The molecule has 2 fully saturated rings. The molecule has 2 atom stereocenters. The van der Waals surface area contributed by atoms with Crippen LogP contribution in [0.25, 0.3) is 0 Å². The van der Waals surface area contributed by atoms with Crippen LogP contribution in [-0.4, -0.2) is 42.8 Å². The van der Waals surface area contributed by atoms with E-state index < -0.39 is 0 Å². The van der Waals surface area contributed by atoms with Crippen molar-refractivity contribution in [2.24, 2.45) is 0 Å². The van der Waals surface area contributed by atoms with Gasteiger partial charge in [-0.1, -0.05) is 0 Å². The molecule has 0 bridgehead atoms. The number of fused-ring (bicyclic) bond motifs is 1. The van der Waals surface area contributed by atoms with E-state index in [1.54, 1.807) is 4.90 Å². The molecule has 2 aliphatic rings. The number of amides is 1. The van der Waals surface area contributed by atoms with E-state index in [1.165, 1.54) is 0 Å². The Morgan fingerprint density at radius 1 is 1.73 bits per heavy atom. The lowest BCUT2D eigenvalue weighted by Crippen LogP contribution is -2.55. The highest BCUT2D eigenvalue weighted by Gasteiger charge is 2.38. The van der Waals surface area contributed by atoms with Gasteiger partial charge in [0.1, 0.15) is 6.61 Å². The molecule has 0 radical (unpaired) electrons. The molecule has 4 heteroatoms. The maximum atomic E-state index is 11.0. The van der Waals surface area contributed by atoms with Crippen LogP contribution in [0.1, 0.15) is 6.92 Å². The minimum Gasteiger partial charge on any atom is -0.447 e. The van der Waals surface area contributed by atoms with Crippen molar-refractivity contribution in [2.45, 2.75) is 19.0 Å². The summed E-state index contributed by atoms with van der Waals surface area (Å²) in [5, 5.41) is 3.30. The molecule has 0 aromatic carbocycles. The minimum atomic E-state index is -0.150. The van der Waals surface area contributed by atoms with Crippen molar-refractivity contribution in [2.75, 3.05) is 19.7 Å². The molecule has 0 saturated carbocycles. The van der Waals surface area contributed by atoms with Crippen molar-refractivity contribution in [3.63, 3.8) is 0 Å². The minimum absolute atomic E-state index is 0.150. The maximum absolute atomic E-state index is 11.0. The third kappa shape index (κ3) is 0.976. The third-order valence-corrected chi connectivity index (χ3v) is 2.41. The zero-order valence-corrected chi connectivity index (χ0v) is 6.54. The first kappa shape index (κ1) is 6.91. The lowest BCUT2D eigenvalue weighted by Gasteiger charge is -2.32. The number of cyclic esters (lactones) is 1. The van der Waals surface area contributed by atoms with Gasteiger partial charge in [0.25, 0.3) is 0 Å². The van der Waals surface area contributed by atoms with Crippen LogP contribution in [0.2, 0.25) is 0 Å². The van der Waals surface area contributed by atoms with Gasteiger partial charge < -0.3 is 10.1 Å². The Labute approximate surface area is 65.5 Å². The average molecular weight is 156 g/mol. The molecular weight excluding hydrogens is 144 g/mol. The van der Waals surface area contributed by atoms with Crippen molar-refractivity contribution < 1.29 is 9.53 Å². The highest BCUT2D eigenvalue weighted by Crippen LogP contribution is 2.17. The number of nitrogens with zero attached hydrogens (tertiary/aromatic N) is 1. The maximum Gasteiger partial charge on any atom is 0.410 e. The second-order valence-electron chi connectivity index (χ2n) is 3.08. The van der Waals surface area contributed by atoms with Gasteiger partial charge in [0.05, 0.1) is 6.04 Å². The Bertz CT molecular complexity index is 183. The van der Waals surface area contributed by atoms with Gasteiger partial charge in [0.2, 0.25) is 0 Å².